The summed E-state index contributed by atoms with van der Waals surface area (Å²) in [6.07, 6.45) is 1.36. The van der Waals surface area contributed by atoms with Gasteiger partial charge in [-0.15, -0.1) is 11.8 Å². The normalized spacial score (nSPS) is 18.0. The van der Waals surface area contributed by atoms with E-state index < -0.39 is 23.7 Å². The molecule has 1 atom stereocenters. The van der Waals surface area contributed by atoms with E-state index in [-0.39, 0.29) is 16.9 Å². The molecule has 0 saturated heterocycles. The highest BCUT2D eigenvalue weighted by Crippen LogP contribution is 2.35. The number of carboxylic acid groups (broad SMARTS) is 1. The van der Waals surface area contributed by atoms with Crippen molar-refractivity contribution in [1.29, 1.82) is 0 Å². The van der Waals surface area contributed by atoms with Gasteiger partial charge in [0.25, 0.3) is 5.91 Å². The first-order valence-corrected chi connectivity index (χ1v) is 8.02. The van der Waals surface area contributed by atoms with E-state index in [0.29, 0.717) is 5.56 Å². The molecule has 22 heavy (non-hydrogen) atoms. The summed E-state index contributed by atoms with van der Waals surface area (Å²) in [6.45, 7) is 1.82. The number of likely N-dealkylation sites (N-methyl/N-ethyl adjacent to an activating group) is 1. The van der Waals surface area contributed by atoms with Crippen LogP contribution < -0.4 is 0 Å². The molecule has 1 N–H and O–H groups in total. The average molecular weight is 319 g/mol. The van der Waals surface area contributed by atoms with Crippen LogP contribution in [0.4, 0.5) is 0 Å². The summed E-state index contributed by atoms with van der Waals surface area (Å²) in [7, 11) is 1.59. The number of amides is 1. The Balaban J connectivity index is 2.57. The van der Waals surface area contributed by atoms with Gasteiger partial charge in [-0.3, -0.25) is 14.4 Å². The van der Waals surface area contributed by atoms with Gasteiger partial charge in [-0.25, -0.2) is 0 Å². The Hall–Kier alpha value is -2.08. The summed E-state index contributed by atoms with van der Waals surface area (Å²) in [4.78, 5) is 37.6. The molecular formula is C16H17NO4S. The molecule has 1 amide bonds. The molecule has 2 rings (SSSR count). The van der Waals surface area contributed by atoms with Crippen molar-refractivity contribution in [2.45, 2.75) is 18.7 Å². The molecule has 5 nitrogen and oxygen atoms in total. The number of ketones is 1. The second-order valence-electron chi connectivity index (χ2n) is 5.11. The third-order valence-corrected chi connectivity index (χ3v) is 4.69. The maximum absolute atomic E-state index is 12.9. The third-order valence-electron chi connectivity index (χ3n) is 3.69. The number of aliphatic carboxylic acids is 1. The summed E-state index contributed by atoms with van der Waals surface area (Å²) in [5.41, 5.74) is 1.68. The van der Waals surface area contributed by atoms with Crippen LogP contribution in [0.15, 0.2) is 35.4 Å². The van der Waals surface area contributed by atoms with Crippen LogP contribution in [0.2, 0.25) is 0 Å². The summed E-state index contributed by atoms with van der Waals surface area (Å²) >= 11 is 1.35. The minimum absolute atomic E-state index is 0.0857. The quantitative estimate of drug-likeness (QED) is 0.841. The molecule has 1 aliphatic rings. The molecule has 1 heterocycles. The molecular weight excluding hydrogens is 302 g/mol. The molecule has 1 aromatic rings. The first kappa shape index (κ1) is 16.3. The molecule has 0 aliphatic carbocycles. The predicted octanol–water partition coefficient (Wildman–Crippen LogP) is 2.11. The lowest BCUT2D eigenvalue weighted by Crippen LogP contribution is -2.30. The molecule has 0 radical (unpaired) electrons. The Kier molecular flexibility index (Phi) is 4.71. The molecule has 0 saturated carbocycles. The minimum Gasteiger partial charge on any atom is -0.481 e. The monoisotopic (exact) mass is 319 g/mol. The fourth-order valence-electron chi connectivity index (χ4n) is 2.60. The molecule has 0 spiro atoms. The van der Waals surface area contributed by atoms with E-state index >= 15 is 0 Å². The number of carbonyl (C=O) groups is 3. The Morgan fingerprint density at radius 1 is 1.32 bits per heavy atom. The largest absolute Gasteiger partial charge is 0.481 e. The van der Waals surface area contributed by atoms with E-state index in [1.165, 1.54) is 16.7 Å². The van der Waals surface area contributed by atoms with Gasteiger partial charge in [0.15, 0.2) is 5.78 Å². The molecule has 1 aromatic carbocycles. The smallest absolute Gasteiger partial charge is 0.308 e. The lowest BCUT2D eigenvalue weighted by molar-refractivity contribution is -0.137. The number of nitrogens with zero attached hydrogens (tertiary/aromatic N) is 1. The van der Waals surface area contributed by atoms with Crippen molar-refractivity contribution in [2.24, 2.45) is 0 Å². The van der Waals surface area contributed by atoms with Gasteiger partial charge >= 0.3 is 5.97 Å². The van der Waals surface area contributed by atoms with E-state index in [0.717, 1.165) is 5.56 Å². The lowest BCUT2D eigenvalue weighted by Gasteiger charge is -2.20. The maximum Gasteiger partial charge on any atom is 0.308 e. The second kappa shape index (κ2) is 6.36. The molecule has 0 unspecified atom stereocenters. The van der Waals surface area contributed by atoms with E-state index in [4.69, 9.17) is 5.11 Å². The van der Waals surface area contributed by atoms with Gasteiger partial charge in [0.1, 0.15) is 5.37 Å². The van der Waals surface area contributed by atoms with Crippen LogP contribution >= 0.6 is 11.8 Å². The van der Waals surface area contributed by atoms with Gasteiger partial charge in [0.2, 0.25) is 0 Å². The SMILES string of the molecule is CS[C@H]1C(C(=O)c2ccccc2C)=C(CC(=O)O)C(=O)N1C. The number of carboxylic acids is 1. The topological polar surface area (TPSA) is 74.7 Å². The lowest BCUT2D eigenvalue weighted by atomic mass is 9.95. The van der Waals surface area contributed by atoms with Crippen LogP contribution in [0.5, 0.6) is 0 Å². The van der Waals surface area contributed by atoms with Gasteiger partial charge in [-0.1, -0.05) is 24.3 Å². The molecule has 0 bridgehead atoms. The van der Waals surface area contributed by atoms with Gasteiger partial charge in [0.05, 0.1) is 6.42 Å². The van der Waals surface area contributed by atoms with Crippen molar-refractivity contribution < 1.29 is 19.5 Å². The summed E-state index contributed by atoms with van der Waals surface area (Å²) in [6, 6.07) is 7.10. The maximum atomic E-state index is 12.9. The Labute approximate surface area is 133 Å². The van der Waals surface area contributed by atoms with Gasteiger partial charge in [-0.2, -0.15) is 0 Å². The van der Waals surface area contributed by atoms with E-state index in [1.807, 2.05) is 19.1 Å². The Morgan fingerprint density at radius 3 is 2.50 bits per heavy atom. The van der Waals surface area contributed by atoms with E-state index in [2.05, 4.69) is 0 Å². The number of hydrogen-bond donors (Lipinski definition) is 1. The Morgan fingerprint density at radius 2 is 1.95 bits per heavy atom. The number of benzene rings is 1. The molecule has 116 valence electrons. The zero-order valence-corrected chi connectivity index (χ0v) is 13.4. The average Bonchev–Trinajstić information content (AvgIpc) is 2.71. The summed E-state index contributed by atoms with van der Waals surface area (Å²) in [5.74, 6) is -1.78. The fourth-order valence-corrected chi connectivity index (χ4v) is 3.49. The third kappa shape index (κ3) is 2.78. The van der Waals surface area contributed by atoms with Crippen LogP contribution in [-0.2, 0) is 9.59 Å². The number of hydrogen-bond acceptors (Lipinski definition) is 4. The van der Waals surface area contributed by atoms with Crippen molar-refractivity contribution in [3.8, 4) is 0 Å². The van der Waals surface area contributed by atoms with Crippen LogP contribution in [0.1, 0.15) is 22.3 Å². The van der Waals surface area contributed by atoms with Gasteiger partial charge in [-0.05, 0) is 18.7 Å². The molecule has 6 heteroatoms. The second-order valence-corrected chi connectivity index (χ2v) is 6.03. The highest BCUT2D eigenvalue weighted by Gasteiger charge is 2.40. The first-order chi connectivity index (χ1) is 10.4. The summed E-state index contributed by atoms with van der Waals surface area (Å²) < 4.78 is 0. The van der Waals surface area contributed by atoms with Crippen LogP contribution in [0, 0.1) is 6.92 Å². The standard InChI is InChI=1S/C16H17NO4S/c1-9-6-4-5-7-10(9)14(20)13-11(8-12(18)19)15(21)17(2)16(13)22-3/h4-7,16H,8H2,1-3H3,(H,18,19)/t16-/m0/s1. The molecule has 0 aromatic heterocycles. The van der Waals surface area contributed by atoms with Crippen molar-refractivity contribution in [1.82, 2.24) is 4.90 Å². The summed E-state index contributed by atoms with van der Waals surface area (Å²) in [5, 5.41) is 8.59. The van der Waals surface area contributed by atoms with Crippen molar-refractivity contribution in [2.75, 3.05) is 13.3 Å². The van der Waals surface area contributed by atoms with E-state index in [9.17, 15) is 14.4 Å². The molecule has 0 fully saturated rings. The minimum atomic E-state index is -1.12. The highest BCUT2D eigenvalue weighted by molar-refractivity contribution is 7.99. The van der Waals surface area contributed by atoms with Crippen LogP contribution in [-0.4, -0.2) is 46.3 Å². The number of Topliss-reactive ketones (excluding diaryl/α,β-unsaturated/α-hetero) is 1. The fraction of sp³-hybridized carbons (Fsp3) is 0.312. The Bertz CT molecular complexity index is 680. The van der Waals surface area contributed by atoms with Crippen molar-refractivity contribution in [3.63, 3.8) is 0 Å². The number of rotatable bonds is 5. The van der Waals surface area contributed by atoms with Crippen LogP contribution in [0.25, 0.3) is 0 Å². The molecule has 1 aliphatic heterocycles. The van der Waals surface area contributed by atoms with Gasteiger partial charge in [0, 0.05) is 23.8 Å². The van der Waals surface area contributed by atoms with Gasteiger partial charge < -0.3 is 10.0 Å². The highest BCUT2D eigenvalue weighted by atomic mass is 32.2. The number of carbonyl (C=O) groups excluding carboxylic acids is 2. The zero-order valence-electron chi connectivity index (χ0n) is 12.6. The predicted molar refractivity (Wildman–Crippen MR) is 84.9 cm³/mol. The van der Waals surface area contributed by atoms with E-state index in [1.54, 1.807) is 25.4 Å². The van der Waals surface area contributed by atoms with Crippen molar-refractivity contribution in [3.05, 3.63) is 46.5 Å². The number of aryl methyl sites for hydroxylation is 1. The zero-order chi connectivity index (χ0) is 16.4. The number of thioether (sulfide) groups is 1. The first-order valence-electron chi connectivity index (χ1n) is 6.73. The van der Waals surface area contributed by atoms with Crippen LogP contribution in [0.3, 0.4) is 0 Å². The van der Waals surface area contributed by atoms with Crippen molar-refractivity contribution >= 4 is 29.4 Å².